The molecule has 110 valence electrons. The molecule has 0 heterocycles. The summed E-state index contributed by atoms with van der Waals surface area (Å²) in [5, 5.41) is 31.4. The number of para-hydroxylation sites is 1. The molecule has 1 rings (SSSR count). The van der Waals surface area contributed by atoms with Gasteiger partial charge in [-0.05, 0) is 6.07 Å². The van der Waals surface area contributed by atoms with Gasteiger partial charge >= 0.3 is 0 Å². The normalized spacial score (nSPS) is 10.2. The van der Waals surface area contributed by atoms with Gasteiger partial charge in [-0.15, -0.1) is 0 Å². The lowest BCUT2D eigenvalue weighted by molar-refractivity contribution is -0.384. The van der Waals surface area contributed by atoms with Crippen LogP contribution in [0.1, 0.15) is 10.4 Å². The molecule has 0 atom stereocenters. The Morgan fingerprint density at radius 2 is 1.95 bits per heavy atom. The van der Waals surface area contributed by atoms with E-state index in [-0.39, 0.29) is 43.2 Å². The molecule has 1 aromatic rings. The van der Waals surface area contributed by atoms with Crippen molar-refractivity contribution in [2.75, 3.05) is 38.7 Å². The monoisotopic (exact) mass is 283 g/mol. The van der Waals surface area contributed by atoms with Crippen molar-refractivity contribution in [3.63, 3.8) is 0 Å². The molecule has 0 bridgehead atoms. The van der Waals surface area contributed by atoms with E-state index in [9.17, 15) is 14.9 Å². The summed E-state index contributed by atoms with van der Waals surface area (Å²) in [7, 11) is 1.49. The Balaban J connectivity index is 3.20. The SMILES string of the molecule is CNc1c(C(=O)N(CCO)CCO)cccc1[N+](=O)[O-]. The van der Waals surface area contributed by atoms with Crippen LogP contribution in [0.5, 0.6) is 0 Å². The van der Waals surface area contributed by atoms with Crippen LogP contribution >= 0.6 is 0 Å². The number of aliphatic hydroxyl groups is 2. The number of aliphatic hydroxyl groups excluding tert-OH is 2. The minimum atomic E-state index is -0.578. The lowest BCUT2D eigenvalue weighted by atomic mass is 10.1. The van der Waals surface area contributed by atoms with Crippen LogP contribution in [0.15, 0.2) is 18.2 Å². The van der Waals surface area contributed by atoms with Crippen LogP contribution < -0.4 is 5.32 Å². The summed E-state index contributed by atoms with van der Waals surface area (Å²) in [5.74, 6) is -0.485. The molecule has 0 radical (unpaired) electrons. The summed E-state index contributed by atoms with van der Waals surface area (Å²) in [4.78, 5) is 23.9. The average molecular weight is 283 g/mol. The number of nitro groups is 1. The summed E-state index contributed by atoms with van der Waals surface area (Å²) in [6.45, 7) is -0.415. The van der Waals surface area contributed by atoms with Crippen molar-refractivity contribution in [2.24, 2.45) is 0 Å². The third-order valence-corrected chi connectivity index (χ3v) is 2.75. The van der Waals surface area contributed by atoms with E-state index in [0.717, 1.165) is 0 Å². The third kappa shape index (κ3) is 3.43. The van der Waals surface area contributed by atoms with Gasteiger partial charge in [-0.3, -0.25) is 14.9 Å². The number of anilines is 1. The quantitative estimate of drug-likeness (QED) is 0.481. The van der Waals surface area contributed by atoms with Gasteiger partial charge in [0, 0.05) is 26.2 Å². The minimum Gasteiger partial charge on any atom is -0.395 e. The molecular formula is C12H17N3O5. The van der Waals surface area contributed by atoms with Gasteiger partial charge in [0.05, 0.1) is 23.7 Å². The van der Waals surface area contributed by atoms with Crippen LogP contribution in [0, 0.1) is 10.1 Å². The van der Waals surface area contributed by atoms with Crippen LogP contribution in [-0.2, 0) is 0 Å². The zero-order valence-corrected chi connectivity index (χ0v) is 11.1. The highest BCUT2D eigenvalue weighted by Crippen LogP contribution is 2.28. The number of hydrogen-bond acceptors (Lipinski definition) is 6. The zero-order valence-electron chi connectivity index (χ0n) is 11.1. The number of benzene rings is 1. The fraction of sp³-hybridized carbons (Fsp3) is 0.417. The largest absolute Gasteiger partial charge is 0.395 e. The second kappa shape index (κ2) is 7.41. The summed E-state index contributed by atoms with van der Waals surface area (Å²) < 4.78 is 0. The Morgan fingerprint density at radius 3 is 2.40 bits per heavy atom. The van der Waals surface area contributed by atoms with E-state index in [2.05, 4.69) is 5.32 Å². The van der Waals surface area contributed by atoms with E-state index in [1.54, 1.807) is 0 Å². The third-order valence-electron chi connectivity index (χ3n) is 2.75. The molecule has 0 aliphatic heterocycles. The first-order valence-corrected chi connectivity index (χ1v) is 6.03. The highest BCUT2D eigenvalue weighted by atomic mass is 16.6. The molecule has 8 nitrogen and oxygen atoms in total. The maximum absolute atomic E-state index is 12.3. The first-order valence-electron chi connectivity index (χ1n) is 6.03. The fourth-order valence-corrected chi connectivity index (χ4v) is 1.86. The fourth-order valence-electron chi connectivity index (χ4n) is 1.86. The average Bonchev–Trinajstić information content (AvgIpc) is 2.45. The minimum absolute atomic E-state index is 0.0469. The van der Waals surface area contributed by atoms with Crippen molar-refractivity contribution < 1.29 is 19.9 Å². The van der Waals surface area contributed by atoms with Crippen LogP contribution in [0.4, 0.5) is 11.4 Å². The van der Waals surface area contributed by atoms with Crippen molar-refractivity contribution in [2.45, 2.75) is 0 Å². The van der Waals surface area contributed by atoms with E-state index in [4.69, 9.17) is 10.2 Å². The molecule has 1 amide bonds. The Kier molecular flexibility index (Phi) is 5.88. The van der Waals surface area contributed by atoms with Crippen molar-refractivity contribution in [1.82, 2.24) is 4.90 Å². The van der Waals surface area contributed by atoms with Crippen LogP contribution in [0.3, 0.4) is 0 Å². The molecular weight excluding hydrogens is 266 g/mol. The van der Waals surface area contributed by atoms with Crippen molar-refractivity contribution in [3.8, 4) is 0 Å². The van der Waals surface area contributed by atoms with E-state index in [1.165, 1.54) is 30.1 Å². The van der Waals surface area contributed by atoms with Gasteiger partial charge in [0.15, 0.2) is 0 Å². The molecule has 1 aromatic carbocycles. The van der Waals surface area contributed by atoms with Gasteiger partial charge in [-0.1, -0.05) is 6.07 Å². The molecule has 0 aliphatic rings. The molecule has 0 fully saturated rings. The molecule has 8 heteroatoms. The zero-order chi connectivity index (χ0) is 15.1. The molecule has 20 heavy (non-hydrogen) atoms. The van der Waals surface area contributed by atoms with E-state index in [1.807, 2.05) is 0 Å². The van der Waals surface area contributed by atoms with Gasteiger partial charge in [-0.25, -0.2) is 0 Å². The second-order valence-electron chi connectivity index (χ2n) is 3.95. The Bertz CT molecular complexity index is 486. The highest BCUT2D eigenvalue weighted by Gasteiger charge is 2.23. The number of hydrogen-bond donors (Lipinski definition) is 3. The van der Waals surface area contributed by atoms with Crippen molar-refractivity contribution in [1.29, 1.82) is 0 Å². The van der Waals surface area contributed by atoms with Crippen LogP contribution in [0.25, 0.3) is 0 Å². The number of nitrogens with zero attached hydrogens (tertiary/aromatic N) is 2. The first-order chi connectivity index (χ1) is 9.56. The van der Waals surface area contributed by atoms with Crippen LogP contribution in [0.2, 0.25) is 0 Å². The van der Waals surface area contributed by atoms with Crippen molar-refractivity contribution in [3.05, 3.63) is 33.9 Å². The lowest BCUT2D eigenvalue weighted by Crippen LogP contribution is -2.36. The Labute approximate surface area is 115 Å². The molecule has 0 aromatic heterocycles. The lowest BCUT2D eigenvalue weighted by Gasteiger charge is -2.21. The van der Waals surface area contributed by atoms with Gasteiger partial charge in [0.1, 0.15) is 5.69 Å². The maximum atomic E-state index is 12.3. The molecule has 0 unspecified atom stereocenters. The number of carbonyl (C=O) groups excluding carboxylic acids is 1. The topological polar surface area (TPSA) is 116 Å². The van der Waals surface area contributed by atoms with E-state index in [0.29, 0.717) is 0 Å². The number of nitrogens with one attached hydrogen (secondary N) is 1. The number of nitro benzene ring substituents is 1. The first kappa shape index (κ1) is 15.9. The standard InChI is InChI=1S/C12H17N3O5/c1-13-11-9(3-2-4-10(11)15(19)20)12(18)14(5-7-16)6-8-17/h2-4,13,16-17H,5-8H2,1H3. The second-order valence-corrected chi connectivity index (χ2v) is 3.95. The predicted octanol–water partition coefficient (Wildman–Crippen LogP) is 0.0633. The summed E-state index contributed by atoms with van der Waals surface area (Å²) in [6, 6.07) is 4.18. The van der Waals surface area contributed by atoms with Gasteiger partial charge in [-0.2, -0.15) is 0 Å². The van der Waals surface area contributed by atoms with E-state index >= 15 is 0 Å². The number of amides is 1. The van der Waals surface area contributed by atoms with Crippen LogP contribution in [-0.4, -0.2) is 59.3 Å². The van der Waals surface area contributed by atoms with E-state index < -0.39 is 10.8 Å². The number of carbonyl (C=O) groups is 1. The Morgan fingerprint density at radius 1 is 1.35 bits per heavy atom. The van der Waals surface area contributed by atoms with Gasteiger partial charge in [0.2, 0.25) is 0 Å². The molecule has 0 saturated carbocycles. The predicted molar refractivity (Wildman–Crippen MR) is 72.7 cm³/mol. The smallest absolute Gasteiger partial charge is 0.293 e. The summed E-state index contributed by atoms with van der Waals surface area (Å²) >= 11 is 0. The highest BCUT2D eigenvalue weighted by molar-refractivity contribution is 6.01. The van der Waals surface area contributed by atoms with Gasteiger partial charge in [0.25, 0.3) is 11.6 Å². The molecule has 3 N–H and O–H groups in total. The number of rotatable bonds is 7. The van der Waals surface area contributed by atoms with Crippen molar-refractivity contribution >= 4 is 17.3 Å². The summed E-state index contributed by atoms with van der Waals surface area (Å²) in [6.07, 6.45) is 0. The van der Waals surface area contributed by atoms with Gasteiger partial charge < -0.3 is 20.4 Å². The molecule has 0 spiro atoms. The maximum Gasteiger partial charge on any atom is 0.293 e. The molecule has 0 saturated heterocycles. The molecule has 0 aliphatic carbocycles. The summed E-state index contributed by atoms with van der Waals surface area (Å²) in [5.41, 5.74) is 0.0401. The Hall–Kier alpha value is -2.19.